The Balaban J connectivity index is 2.15. The largest absolute Gasteiger partial charge is 0.481 e. The molecule has 10 nitrogen and oxygen atoms in total. The number of benzene rings is 1. The van der Waals surface area contributed by atoms with Crippen LogP contribution in [0.15, 0.2) is 30.5 Å². The minimum absolute atomic E-state index is 0.0181. The number of amides is 2. The number of aromatic amines is 1. The molecular weight excluding hydrogens is 356 g/mol. The number of carboxylic acids is 2. The van der Waals surface area contributed by atoms with Crippen LogP contribution in [0, 0.1) is 0 Å². The maximum Gasteiger partial charge on any atom is 0.326 e. The van der Waals surface area contributed by atoms with Gasteiger partial charge in [-0.2, -0.15) is 0 Å². The van der Waals surface area contributed by atoms with E-state index >= 15 is 0 Å². The van der Waals surface area contributed by atoms with Gasteiger partial charge in [0.1, 0.15) is 12.1 Å². The molecule has 0 radical (unpaired) electrons. The highest BCUT2D eigenvalue weighted by molar-refractivity contribution is 5.93. The Morgan fingerprint density at radius 1 is 1.07 bits per heavy atom. The maximum absolute atomic E-state index is 12.3. The Bertz CT molecular complexity index is 862. The molecule has 7 N–H and O–H groups in total. The summed E-state index contributed by atoms with van der Waals surface area (Å²) in [6.07, 6.45) is 0.935. The zero-order valence-corrected chi connectivity index (χ0v) is 14.3. The molecule has 2 amide bonds. The lowest BCUT2D eigenvalue weighted by atomic mass is 10.0. The summed E-state index contributed by atoms with van der Waals surface area (Å²) < 4.78 is 0. The predicted molar refractivity (Wildman–Crippen MR) is 94.8 cm³/mol. The Labute approximate surface area is 153 Å². The van der Waals surface area contributed by atoms with E-state index in [9.17, 15) is 24.3 Å². The monoisotopic (exact) mass is 376 g/mol. The van der Waals surface area contributed by atoms with Gasteiger partial charge in [0.05, 0.1) is 13.0 Å². The summed E-state index contributed by atoms with van der Waals surface area (Å²) in [5, 5.41) is 23.6. The molecule has 2 unspecified atom stereocenters. The van der Waals surface area contributed by atoms with Gasteiger partial charge in [-0.25, -0.2) is 4.79 Å². The van der Waals surface area contributed by atoms with Gasteiger partial charge in [-0.05, 0) is 11.6 Å². The molecule has 1 aromatic carbocycles. The molecule has 2 atom stereocenters. The third kappa shape index (κ3) is 5.28. The van der Waals surface area contributed by atoms with Crippen LogP contribution in [0.1, 0.15) is 12.0 Å². The predicted octanol–water partition coefficient (Wildman–Crippen LogP) is -0.802. The van der Waals surface area contributed by atoms with E-state index in [0.717, 1.165) is 10.9 Å². The van der Waals surface area contributed by atoms with Gasteiger partial charge in [-0.15, -0.1) is 0 Å². The summed E-state index contributed by atoms with van der Waals surface area (Å²) in [5.41, 5.74) is 6.66. The Morgan fingerprint density at radius 2 is 1.78 bits per heavy atom. The summed E-state index contributed by atoms with van der Waals surface area (Å²) in [5.74, 6) is -4.24. The van der Waals surface area contributed by atoms with E-state index in [4.69, 9.17) is 10.8 Å². The first kappa shape index (κ1) is 19.9. The zero-order valence-electron chi connectivity index (χ0n) is 14.3. The molecule has 0 aliphatic heterocycles. The van der Waals surface area contributed by atoms with Crippen molar-refractivity contribution in [2.24, 2.45) is 5.73 Å². The van der Waals surface area contributed by atoms with Crippen molar-refractivity contribution in [3.8, 4) is 0 Å². The molecule has 0 fully saturated rings. The van der Waals surface area contributed by atoms with Gasteiger partial charge in [-0.3, -0.25) is 14.4 Å². The normalized spacial score (nSPS) is 12.9. The van der Waals surface area contributed by atoms with Crippen molar-refractivity contribution < 1.29 is 29.4 Å². The third-order valence-electron chi connectivity index (χ3n) is 3.93. The highest BCUT2D eigenvalue weighted by Crippen LogP contribution is 2.19. The van der Waals surface area contributed by atoms with Crippen LogP contribution in [-0.2, 0) is 25.6 Å². The van der Waals surface area contributed by atoms with Crippen LogP contribution in [0.5, 0.6) is 0 Å². The van der Waals surface area contributed by atoms with Crippen molar-refractivity contribution >= 4 is 34.7 Å². The second-order valence-corrected chi connectivity index (χ2v) is 5.89. The van der Waals surface area contributed by atoms with Crippen molar-refractivity contribution in [2.75, 3.05) is 6.54 Å². The van der Waals surface area contributed by atoms with Crippen LogP contribution in [-0.4, -0.2) is 57.6 Å². The molecular formula is C17H20N4O6. The number of rotatable bonds is 9. The minimum Gasteiger partial charge on any atom is -0.481 e. The van der Waals surface area contributed by atoms with Crippen molar-refractivity contribution in [3.05, 3.63) is 36.0 Å². The molecule has 10 heteroatoms. The van der Waals surface area contributed by atoms with Crippen LogP contribution in [0.4, 0.5) is 0 Å². The lowest BCUT2D eigenvalue weighted by molar-refractivity contribution is -0.143. The molecule has 0 bridgehead atoms. The Hall–Kier alpha value is -3.40. The first-order valence-corrected chi connectivity index (χ1v) is 8.11. The van der Waals surface area contributed by atoms with Gasteiger partial charge in [0.2, 0.25) is 11.8 Å². The quantitative estimate of drug-likeness (QED) is 0.332. The Morgan fingerprint density at radius 3 is 2.41 bits per heavy atom. The summed E-state index contributed by atoms with van der Waals surface area (Å²) in [6, 6.07) is 4.55. The molecule has 0 saturated carbocycles. The molecule has 0 aliphatic carbocycles. The molecule has 0 aliphatic rings. The average Bonchev–Trinajstić information content (AvgIpc) is 3.03. The molecule has 1 heterocycles. The van der Waals surface area contributed by atoms with Crippen molar-refractivity contribution in [1.82, 2.24) is 15.6 Å². The summed E-state index contributed by atoms with van der Waals surface area (Å²) >= 11 is 0. The minimum atomic E-state index is -1.43. The molecule has 0 saturated heterocycles. The topological polar surface area (TPSA) is 175 Å². The van der Waals surface area contributed by atoms with Crippen LogP contribution in [0.2, 0.25) is 0 Å². The van der Waals surface area contributed by atoms with Crippen LogP contribution >= 0.6 is 0 Å². The van der Waals surface area contributed by atoms with Gasteiger partial charge in [0.15, 0.2) is 0 Å². The second kappa shape index (κ2) is 8.81. The molecule has 1 aromatic heterocycles. The number of para-hydroxylation sites is 1. The molecule has 144 valence electrons. The van der Waals surface area contributed by atoms with Gasteiger partial charge in [0.25, 0.3) is 0 Å². The molecule has 0 spiro atoms. The van der Waals surface area contributed by atoms with Crippen molar-refractivity contribution in [2.45, 2.75) is 24.9 Å². The summed E-state index contributed by atoms with van der Waals surface area (Å²) in [4.78, 5) is 49.2. The number of nitrogens with two attached hydrogens (primary N) is 1. The van der Waals surface area contributed by atoms with Gasteiger partial charge in [0, 0.05) is 23.5 Å². The third-order valence-corrected chi connectivity index (χ3v) is 3.93. The van der Waals surface area contributed by atoms with Gasteiger partial charge < -0.3 is 31.6 Å². The lowest BCUT2D eigenvalue weighted by Gasteiger charge is -2.20. The van der Waals surface area contributed by atoms with Crippen molar-refractivity contribution in [1.29, 1.82) is 0 Å². The van der Waals surface area contributed by atoms with Crippen LogP contribution in [0.25, 0.3) is 10.9 Å². The first-order chi connectivity index (χ1) is 12.8. The van der Waals surface area contributed by atoms with E-state index in [1.807, 2.05) is 18.2 Å². The number of carbonyl (C=O) groups is 4. The number of hydrogen-bond donors (Lipinski definition) is 6. The molecule has 27 heavy (non-hydrogen) atoms. The van der Waals surface area contributed by atoms with E-state index < -0.39 is 48.8 Å². The maximum atomic E-state index is 12.3. The van der Waals surface area contributed by atoms with E-state index in [1.54, 1.807) is 12.3 Å². The number of H-pyrrole nitrogens is 1. The Kier molecular flexibility index (Phi) is 6.50. The molecule has 2 rings (SSSR count). The number of carbonyl (C=O) groups excluding carboxylic acids is 2. The van der Waals surface area contributed by atoms with E-state index in [0.29, 0.717) is 5.56 Å². The number of nitrogens with one attached hydrogen (secondary N) is 3. The van der Waals surface area contributed by atoms with E-state index in [1.165, 1.54) is 0 Å². The number of carboxylic acid groups (broad SMARTS) is 2. The van der Waals surface area contributed by atoms with Gasteiger partial charge in [-0.1, -0.05) is 18.2 Å². The number of hydrogen-bond acceptors (Lipinski definition) is 5. The van der Waals surface area contributed by atoms with Crippen molar-refractivity contribution in [3.63, 3.8) is 0 Å². The number of fused-ring (bicyclic) bond motifs is 1. The van der Waals surface area contributed by atoms with Crippen LogP contribution in [0.3, 0.4) is 0 Å². The van der Waals surface area contributed by atoms with E-state index in [2.05, 4.69) is 15.6 Å². The fourth-order valence-corrected chi connectivity index (χ4v) is 2.63. The first-order valence-electron chi connectivity index (χ1n) is 8.11. The fraction of sp³-hybridized carbons (Fsp3) is 0.294. The molecule has 2 aromatic rings. The van der Waals surface area contributed by atoms with Gasteiger partial charge >= 0.3 is 11.9 Å². The average molecular weight is 376 g/mol. The highest BCUT2D eigenvalue weighted by atomic mass is 16.4. The standard InChI is InChI=1S/C17H20N4O6/c18-7-14(22)20-12(6-15(23)24)16(25)21-13(17(26)27)5-9-8-19-11-4-2-1-3-10(9)11/h1-4,8,12-13,19H,5-7,18H2,(H,20,22)(H,21,25)(H,23,24)(H,26,27). The second-order valence-electron chi connectivity index (χ2n) is 5.89. The van der Waals surface area contributed by atoms with E-state index in [-0.39, 0.29) is 6.42 Å². The summed E-state index contributed by atoms with van der Waals surface area (Å²) in [7, 11) is 0. The SMILES string of the molecule is NCC(=O)NC(CC(=O)O)C(=O)NC(Cc1c[nH]c2ccccc12)C(=O)O. The highest BCUT2D eigenvalue weighted by Gasteiger charge is 2.28. The summed E-state index contributed by atoms with van der Waals surface area (Å²) in [6.45, 7) is -0.429. The smallest absolute Gasteiger partial charge is 0.326 e. The number of aliphatic carboxylic acids is 2. The van der Waals surface area contributed by atoms with Crippen LogP contribution < -0.4 is 16.4 Å². The number of aromatic nitrogens is 1. The fourth-order valence-electron chi connectivity index (χ4n) is 2.63. The zero-order chi connectivity index (χ0) is 20.0. The lowest BCUT2D eigenvalue weighted by Crippen LogP contribution is -2.53.